The maximum atomic E-state index is 4.30. The first-order valence-electron chi connectivity index (χ1n) is 6.03. The Labute approximate surface area is 97.6 Å². The first-order chi connectivity index (χ1) is 7.58. The number of piperazine rings is 1. The predicted octanol–water partition coefficient (Wildman–Crippen LogP) is 0.911. The lowest BCUT2D eigenvalue weighted by Crippen LogP contribution is -2.53. The summed E-state index contributed by atoms with van der Waals surface area (Å²) in [4.78, 5) is 2.53. The van der Waals surface area contributed by atoms with Crippen molar-refractivity contribution in [3.63, 3.8) is 0 Å². The Morgan fingerprint density at radius 3 is 2.88 bits per heavy atom. The molecule has 0 radical (unpaired) electrons. The summed E-state index contributed by atoms with van der Waals surface area (Å²) in [7, 11) is 2.00. The molecule has 1 aliphatic rings. The highest BCUT2D eigenvalue weighted by molar-refractivity contribution is 5.16. The van der Waals surface area contributed by atoms with Gasteiger partial charge >= 0.3 is 0 Å². The Balaban J connectivity index is 2.05. The molecular weight excluding hydrogens is 200 g/mol. The van der Waals surface area contributed by atoms with Crippen molar-refractivity contribution in [1.29, 1.82) is 0 Å². The number of rotatable bonds is 2. The summed E-state index contributed by atoms with van der Waals surface area (Å²) in [6.45, 7) is 9.89. The summed E-state index contributed by atoms with van der Waals surface area (Å²) in [5.41, 5.74) is 2.63. The van der Waals surface area contributed by atoms with Gasteiger partial charge in [0.15, 0.2) is 0 Å². The molecule has 0 bridgehead atoms. The SMILES string of the molecule is Cc1c(CN2CC(C)NCC2C)cnn1C. The van der Waals surface area contributed by atoms with E-state index in [0.717, 1.165) is 19.6 Å². The molecule has 2 heterocycles. The molecule has 0 spiro atoms. The van der Waals surface area contributed by atoms with Crippen LogP contribution in [0.5, 0.6) is 0 Å². The van der Waals surface area contributed by atoms with E-state index in [2.05, 4.69) is 36.1 Å². The molecule has 0 aliphatic carbocycles. The van der Waals surface area contributed by atoms with Crippen LogP contribution in [0.2, 0.25) is 0 Å². The third-order valence-corrected chi connectivity index (χ3v) is 3.60. The summed E-state index contributed by atoms with van der Waals surface area (Å²) >= 11 is 0. The van der Waals surface area contributed by atoms with E-state index in [1.54, 1.807) is 0 Å². The second-order valence-corrected chi connectivity index (χ2v) is 4.97. The standard InChI is InChI=1S/C12H22N4/c1-9-7-16(10(2)5-13-9)8-12-6-14-15(4)11(12)3/h6,9-10,13H,5,7-8H2,1-4H3. The number of aryl methyl sites for hydroxylation is 1. The largest absolute Gasteiger partial charge is 0.311 e. The summed E-state index contributed by atoms with van der Waals surface area (Å²) in [6.07, 6.45) is 1.99. The summed E-state index contributed by atoms with van der Waals surface area (Å²) in [6, 6.07) is 1.20. The van der Waals surface area contributed by atoms with E-state index in [0.29, 0.717) is 12.1 Å². The molecule has 2 unspecified atom stereocenters. The van der Waals surface area contributed by atoms with Crippen LogP contribution in [0.3, 0.4) is 0 Å². The molecule has 4 nitrogen and oxygen atoms in total. The highest BCUT2D eigenvalue weighted by atomic mass is 15.3. The quantitative estimate of drug-likeness (QED) is 0.807. The number of hydrogen-bond acceptors (Lipinski definition) is 3. The third-order valence-electron chi connectivity index (χ3n) is 3.60. The van der Waals surface area contributed by atoms with Crippen LogP contribution in [0.15, 0.2) is 6.20 Å². The fourth-order valence-electron chi connectivity index (χ4n) is 2.24. The minimum absolute atomic E-state index is 0.591. The molecule has 2 rings (SSSR count). The number of aromatic nitrogens is 2. The summed E-state index contributed by atoms with van der Waals surface area (Å²) < 4.78 is 1.95. The van der Waals surface area contributed by atoms with Gasteiger partial charge in [0.05, 0.1) is 6.20 Å². The Bertz CT molecular complexity index is 358. The van der Waals surface area contributed by atoms with Gasteiger partial charge in [0, 0.05) is 50.0 Å². The van der Waals surface area contributed by atoms with Gasteiger partial charge in [-0.15, -0.1) is 0 Å². The van der Waals surface area contributed by atoms with Crippen molar-refractivity contribution < 1.29 is 0 Å². The minimum atomic E-state index is 0.591. The molecule has 2 atom stereocenters. The first-order valence-corrected chi connectivity index (χ1v) is 6.03. The highest BCUT2D eigenvalue weighted by Gasteiger charge is 2.23. The first kappa shape index (κ1) is 11.6. The lowest BCUT2D eigenvalue weighted by molar-refractivity contribution is 0.138. The van der Waals surface area contributed by atoms with E-state index in [-0.39, 0.29) is 0 Å². The van der Waals surface area contributed by atoms with Crippen molar-refractivity contribution in [2.24, 2.45) is 7.05 Å². The van der Waals surface area contributed by atoms with Crippen LogP contribution >= 0.6 is 0 Å². The van der Waals surface area contributed by atoms with Crippen LogP contribution in [-0.2, 0) is 13.6 Å². The zero-order valence-electron chi connectivity index (χ0n) is 10.7. The van der Waals surface area contributed by atoms with E-state index in [1.165, 1.54) is 11.3 Å². The summed E-state index contributed by atoms with van der Waals surface area (Å²) in [5.74, 6) is 0. The van der Waals surface area contributed by atoms with Gasteiger partial charge in [-0.05, 0) is 20.8 Å². The van der Waals surface area contributed by atoms with Crippen LogP contribution in [0.4, 0.5) is 0 Å². The Hall–Kier alpha value is -0.870. The molecule has 1 N–H and O–H groups in total. The maximum absolute atomic E-state index is 4.30. The van der Waals surface area contributed by atoms with Gasteiger partial charge in [0.25, 0.3) is 0 Å². The van der Waals surface area contributed by atoms with Gasteiger partial charge in [-0.3, -0.25) is 9.58 Å². The molecule has 1 aromatic rings. The van der Waals surface area contributed by atoms with Gasteiger partial charge in [-0.25, -0.2) is 0 Å². The maximum Gasteiger partial charge on any atom is 0.0537 e. The molecule has 0 saturated carbocycles. The Kier molecular flexibility index (Phi) is 3.30. The molecule has 90 valence electrons. The average Bonchev–Trinajstić information content (AvgIpc) is 2.55. The van der Waals surface area contributed by atoms with Crippen LogP contribution in [0.1, 0.15) is 25.1 Å². The highest BCUT2D eigenvalue weighted by Crippen LogP contribution is 2.14. The zero-order valence-corrected chi connectivity index (χ0v) is 10.7. The van der Waals surface area contributed by atoms with Crippen molar-refractivity contribution in [2.75, 3.05) is 13.1 Å². The normalized spacial score (nSPS) is 27.2. The smallest absolute Gasteiger partial charge is 0.0537 e. The van der Waals surface area contributed by atoms with Crippen LogP contribution < -0.4 is 5.32 Å². The van der Waals surface area contributed by atoms with Crippen molar-refractivity contribution in [3.05, 3.63) is 17.5 Å². The lowest BCUT2D eigenvalue weighted by Gasteiger charge is -2.37. The number of nitrogens with zero attached hydrogens (tertiary/aromatic N) is 3. The van der Waals surface area contributed by atoms with Gasteiger partial charge in [-0.2, -0.15) is 5.10 Å². The topological polar surface area (TPSA) is 33.1 Å². The second kappa shape index (κ2) is 4.55. The molecule has 0 aromatic carbocycles. The molecule has 1 aliphatic heterocycles. The van der Waals surface area contributed by atoms with E-state index in [9.17, 15) is 0 Å². The Morgan fingerprint density at radius 2 is 2.25 bits per heavy atom. The van der Waals surface area contributed by atoms with Crippen LogP contribution in [-0.4, -0.2) is 39.9 Å². The van der Waals surface area contributed by atoms with Crippen molar-refractivity contribution in [2.45, 2.75) is 39.4 Å². The Morgan fingerprint density at radius 1 is 1.50 bits per heavy atom. The van der Waals surface area contributed by atoms with E-state index in [4.69, 9.17) is 0 Å². The van der Waals surface area contributed by atoms with E-state index in [1.807, 2.05) is 17.9 Å². The lowest BCUT2D eigenvalue weighted by atomic mass is 10.1. The van der Waals surface area contributed by atoms with Crippen molar-refractivity contribution in [3.8, 4) is 0 Å². The molecular formula is C12H22N4. The number of hydrogen-bond donors (Lipinski definition) is 1. The molecule has 1 aromatic heterocycles. The molecule has 1 fully saturated rings. The molecule has 16 heavy (non-hydrogen) atoms. The fraction of sp³-hybridized carbons (Fsp3) is 0.750. The number of nitrogens with one attached hydrogen (secondary N) is 1. The molecule has 0 amide bonds. The molecule has 1 saturated heterocycles. The van der Waals surface area contributed by atoms with Crippen LogP contribution in [0, 0.1) is 6.92 Å². The van der Waals surface area contributed by atoms with Gasteiger partial charge in [-0.1, -0.05) is 0 Å². The van der Waals surface area contributed by atoms with Crippen LogP contribution in [0.25, 0.3) is 0 Å². The fourth-order valence-corrected chi connectivity index (χ4v) is 2.24. The second-order valence-electron chi connectivity index (χ2n) is 4.97. The van der Waals surface area contributed by atoms with E-state index < -0.39 is 0 Å². The zero-order chi connectivity index (χ0) is 11.7. The average molecular weight is 222 g/mol. The minimum Gasteiger partial charge on any atom is -0.311 e. The predicted molar refractivity (Wildman–Crippen MR) is 65.3 cm³/mol. The van der Waals surface area contributed by atoms with Crippen molar-refractivity contribution >= 4 is 0 Å². The van der Waals surface area contributed by atoms with E-state index >= 15 is 0 Å². The van der Waals surface area contributed by atoms with Gasteiger partial charge in [0.2, 0.25) is 0 Å². The monoisotopic (exact) mass is 222 g/mol. The van der Waals surface area contributed by atoms with Gasteiger partial charge in [0.1, 0.15) is 0 Å². The molecule has 4 heteroatoms. The summed E-state index contributed by atoms with van der Waals surface area (Å²) in [5, 5.41) is 7.80. The third kappa shape index (κ3) is 2.28. The van der Waals surface area contributed by atoms with Crippen molar-refractivity contribution in [1.82, 2.24) is 20.0 Å². The van der Waals surface area contributed by atoms with Gasteiger partial charge < -0.3 is 5.32 Å².